The first-order valence-electron chi connectivity index (χ1n) is 2.14. The minimum absolute atomic E-state index is 0.363. The fourth-order valence-electron chi connectivity index (χ4n) is 0.416. The Morgan fingerprint density at radius 3 is 2.50 bits per heavy atom. The molecule has 1 rings (SSSR count). The first-order valence-corrected chi connectivity index (χ1v) is 3.81. The maximum Gasteiger partial charge on any atom is 0.185 e. The molecule has 0 bridgehead atoms. The number of halogens is 1. The molecule has 44 valence electrons. The van der Waals surface area contributed by atoms with Crippen molar-refractivity contribution in [1.82, 2.24) is 0 Å². The smallest absolute Gasteiger partial charge is 0.185 e. The highest BCUT2D eigenvalue weighted by molar-refractivity contribution is 9.10. The summed E-state index contributed by atoms with van der Waals surface area (Å²) in [6.07, 6.45) is 0. The van der Waals surface area contributed by atoms with E-state index in [4.69, 9.17) is 5.11 Å². The lowest BCUT2D eigenvalue weighted by Crippen LogP contribution is -1.59. The molecule has 0 spiro atoms. The van der Waals surface area contributed by atoms with Crippen LogP contribution in [0, 0.1) is 6.92 Å². The van der Waals surface area contributed by atoms with Crippen molar-refractivity contribution < 1.29 is 5.11 Å². The summed E-state index contributed by atoms with van der Waals surface area (Å²) >= 11 is 4.55. The normalized spacial score (nSPS) is 9.75. The molecule has 1 heterocycles. The second kappa shape index (κ2) is 2.07. The Bertz CT molecular complexity index is 175. The summed E-state index contributed by atoms with van der Waals surface area (Å²) in [5.41, 5.74) is 1.09. The van der Waals surface area contributed by atoms with Crippen LogP contribution in [0.2, 0.25) is 0 Å². The van der Waals surface area contributed by atoms with Crippen LogP contribution in [0.3, 0.4) is 0 Å². The van der Waals surface area contributed by atoms with Gasteiger partial charge in [0.2, 0.25) is 0 Å². The van der Waals surface area contributed by atoms with Gasteiger partial charge in [-0.05, 0) is 33.8 Å². The van der Waals surface area contributed by atoms with Gasteiger partial charge in [-0.15, -0.1) is 11.3 Å². The summed E-state index contributed by atoms with van der Waals surface area (Å²) in [7, 11) is 0. The van der Waals surface area contributed by atoms with E-state index in [9.17, 15) is 0 Å². The highest BCUT2D eigenvalue weighted by atomic mass is 79.9. The summed E-state index contributed by atoms with van der Waals surface area (Å²) in [5, 5.41) is 11.2. The second-order valence-corrected chi connectivity index (χ2v) is 3.19. The van der Waals surface area contributed by atoms with Gasteiger partial charge >= 0.3 is 0 Å². The topological polar surface area (TPSA) is 20.2 Å². The van der Waals surface area contributed by atoms with Crippen molar-refractivity contribution in [3.63, 3.8) is 0 Å². The first-order chi connectivity index (χ1) is 3.72. The van der Waals surface area contributed by atoms with E-state index in [1.54, 1.807) is 0 Å². The van der Waals surface area contributed by atoms with Crippen LogP contribution in [-0.4, -0.2) is 5.11 Å². The van der Waals surface area contributed by atoms with Crippen LogP contribution in [0.5, 0.6) is 5.06 Å². The Labute approximate surface area is 60.1 Å². The van der Waals surface area contributed by atoms with E-state index >= 15 is 0 Å². The quantitative estimate of drug-likeness (QED) is 0.671. The molecular formula is C5H5BrOS. The van der Waals surface area contributed by atoms with Crippen LogP contribution < -0.4 is 0 Å². The van der Waals surface area contributed by atoms with Gasteiger partial charge in [0.1, 0.15) is 0 Å². The monoisotopic (exact) mass is 192 g/mol. The Kier molecular flexibility index (Phi) is 1.58. The third-order valence-electron chi connectivity index (χ3n) is 0.881. The van der Waals surface area contributed by atoms with E-state index < -0.39 is 0 Å². The van der Waals surface area contributed by atoms with Gasteiger partial charge in [-0.25, -0.2) is 0 Å². The minimum Gasteiger partial charge on any atom is -0.499 e. The average Bonchev–Trinajstić information content (AvgIpc) is 1.98. The molecule has 0 amide bonds. The Morgan fingerprint density at radius 2 is 2.38 bits per heavy atom. The lowest BCUT2D eigenvalue weighted by atomic mass is 10.4. The number of thiophene rings is 1. The summed E-state index contributed by atoms with van der Waals surface area (Å²) in [6.45, 7) is 1.94. The molecule has 0 saturated carbocycles. The van der Waals surface area contributed by atoms with Crippen molar-refractivity contribution in [2.75, 3.05) is 0 Å². The van der Waals surface area contributed by atoms with Crippen LogP contribution in [-0.2, 0) is 0 Å². The number of aryl methyl sites for hydroxylation is 1. The Morgan fingerprint density at radius 1 is 1.75 bits per heavy atom. The van der Waals surface area contributed by atoms with E-state index in [1.165, 1.54) is 11.3 Å². The van der Waals surface area contributed by atoms with Crippen LogP contribution in [0.25, 0.3) is 0 Å². The predicted molar refractivity (Wildman–Crippen MR) is 38.4 cm³/mol. The molecule has 0 fully saturated rings. The summed E-state index contributed by atoms with van der Waals surface area (Å²) in [5.74, 6) is 0. The molecule has 0 saturated heterocycles. The Hall–Kier alpha value is -0.0200. The molecule has 0 aliphatic carbocycles. The number of hydrogen-bond acceptors (Lipinski definition) is 2. The van der Waals surface area contributed by atoms with E-state index in [-0.39, 0.29) is 0 Å². The van der Waals surface area contributed by atoms with E-state index in [2.05, 4.69) is 15.9 Å². The third-order valence-corrected chi connectivity index (χ3v) is 3.04. The summed E-state index contributed by atoms with van der Waals surface area (Å²) in [4.78, 5) is 0. The van der Waals surface area contributed by atoms with Gasteiger partial charge < -0.3 is 5.11 Å². The maximum absolute atomic E-state index is 8.91. The summed E-state index contributed by atoms with van der Waals surface area (Å²) < 4.78 is 0.822. The molecule has 3 heteroatoms. The first kappa shape index (κ1) is 6.11. The predicted octanol–water partition coefficient (Wildman–Crippen LogP) is 2.52. The Balaban J connectivity index is 3.19. The second-order valence-electron chi connectivity index (χ2n) is 1.54. The van der Waals surface area contributed by atoms with Gasteiger partial charge in [0.25, 0.3) is 0 Å². The highest BCUT2D eigenvalue weighted by Crippen LogP contribution is 2.33. The SMILES string of the molecule is Cc1csc(O)c1Br. The van der Waals surface area contributed by atoms with Crippen molar-refractivity contribution in [3.05, 3.63) is 15.4 Å². The lowest BCUT2D eigenvalue weighted by molar-refractivity contribution is 0.487. The van der Waals surface area contributed by atoms with Crippen molar-refractivity contribution in [2.24, 2.45) is 0 Å². The van der Waals surface area contributed by atoms with Crippen LogP contribution >= 0.6 is 27.3 Å². The van der Waals surface area contributed by atoms with Crippen molar-refractivity contribution >= 4 is 27.3 Å². The van der Waals surface area contributed by atoms with Gasteiger partial charge in [0, 0.05) is 0 Å². The molecule has 1 nitrogen and oxygen atoms in total. The van der Waals surface area contributed by atoms with Gasteiger partial charge in [-0.1, -0.05) is 0 Å². The zero-order valence-electron chi connectivity index (χ0n) is 4.31. The van der Waals surface area contributed by atoms with Gasteiger partial charge in [0.05, 0.1) is 4.47 Å². The van der Waals surface area contributed by atoms with E-state index in [0.29, 0.717) is 5.06 Å². The van der Waals surface area contributed by atoms with Crippen LogP contribution in [0.15, 0.2) is 9.85 Å². The number of rotatable bonds is 0. The number of aromatic hydroxyl groups is 1. The van der Waals surface area contributed by atoms with Crippen LogP contribution in [0.1, 0.15) is 5.56 Å². The van der Waals surface area contributed by atoms with Gasteiger partial charge in [-0.2, -0.15) is 0 Å². The third kappa shape index (κ3) is 0.880. The maximum atomic E-state index is 8.91. The molecule has 0 atom stereocenters. The lowest BCUT2D eigenvalue weighted by Gasteiger charge is -1.83. The highest BCUT2D eigenvalue weighted by Gasteiger charge is 2.00. The van der Waals surface area contributed by atoms with Crippen molar-refractivity contribution in [1.29, 1.82) is 0 Å². The molecule has 0 radical (unpaired) electrons. The van der Waals surface area contributed by atoms with E-state index in [0.717, 1.165) is 10.0 Å². The van der Waals surface area contributed by atoms with Crippen molar-refractivity contribution in [3.8, 4) is 5.06 Å². The fraction of sp³-hybridized carbons (Fsp3) is 0.200. The molecule has 0 aliphatic heterocycles. The zero-order valence-corrected chi connectivity index (χ0v) is 6.71. The molecular weight excluding hydrogens is 188 g/mol. The molecule has 1 N–H and O–H groups in total. The molecule has 8 heavy (non-hydrogen) atoms. The zero-order chi connectivity index (χ0) is 6.15. The fourth-order valence-corrected chi connectivity index (χ4v) is 1.63. The largest absolute Gasteiger partial charge is 0.499 e. The van der Waals surface area contributed by atoms with Gasteiger partial charge in [-0.3, -0.25) is 0 Å². The van der Waals surface area contributed by atoms with Crippen molar-refractivity contribution in [2.45, 2.75) is 6.92 Å². The summed E-state index contributed by atoms with van der Waals surface area (Å²) in [6, 6.07) is 0. The average molecular weight is 193 g/mol. The molecule has 0 unspecified atom stereocenters. The molecule has 0 aliphatic rings. The molecule has 1 aromatic heterocycles. The molecule has 0 aromatic carbocycles. The minimum atomic E-state index is 0.363. The number of hydrogen-bond donors (Lipinski definition) is 1. The standard InChI is InChI=1S/C5H5BrOS/c1-3-2-8-5(7)4(3)6/h2,7H,1H3. The van der Waals surface area contributed by atoms with Gasteiger partial charge in [0.15, 0.2) is 5.06 Å². The van der Waals surface area contributed by atoms with Crippen LogP contribution in [0.4, 0.5) is 0 Å². The van der Waals surface area contributed by atoms with E-state index in [1.807, 2.05) is 12.3 Å². The molecule has 1 aromatic rings.